The minimum Gasteiger partial charge on any atom is -0.507 e. The first-order valence-corrected chi connectivity index (χ1v) is 10.4. The molecule has 0 spiro atoms. The molecule has 9 heteroatoms. The van der Waals surface area contributed by atoms with Crippen LogP contribution in [0.25, 0.3) is 5.76 Å². The number of para-hydroxylation sites is 1. The first-order valence-electron chi connectivity index (χ1n) is 9.58. The molecule has 1 aliphatic rings. The lowest BCUT2D eigenvalue weighted by molar-refractivity contribution is -0.132. The zero-order chi connectivity index (χ0) is 23.0. The van der Waals surface area contributed by atoms with Crippen LogP contribution in [0.5, 0.6) is 11.5 Å². The molecule has 1 N–H and O–H groups in total. The first kappa shape index (κ1) is 21.6. The normalized spacial score (nSPS) is 17.6. The lowest BCUT2D eigenvalue weighted by Gasteiger charge is -2.25. The molecule has 1 aliphatic heterocycles. The summed E-state index contributed by atoms with van der Waals surface area (Å²) in [6.07, 6.45) is 0. The van der Waals surface area contributed by atoms with Gasteiger partial charge in [0.2, 0.25) is 0 Å². The number of benzene rings is 2. The minimum absolute atomic E-state index is 0.0930. The largest absolute Gasteiger partial charge is 0.507 e. The second kappa shape index (κ2) is 8.51. The Morgan fingerprint density at radius 1 is 1.12 bits per heavy atom. The molecule has 0 unspecified atom stereocenters. The maximum absolute atomic E-state index is 13.2. The molecule has 1 saturated heterocycles. The van der Waals surface area contributed by atoms with Gasteiger partial charge in [-0.3, -0.25) is 14.5 Å². The molecule has 1 amide bonds. The Hall–Kier alpha value is -3.59. The van der Waals surface area contributed by atoms with Gasteiger partial charge in [-0.2, -0.15) is 0 Å². The number of hydrogen-bond donors (Lipinski definition) is 1. The van der Waals surface area contributed by atoms with E-state index in [1.807, 2.05) is 0 Å². The highest BCUT2D eigenvalue weighted by Gasteiger charge is 2.49. The molecule has 2 aromatic carbocycles. The molecule has 0 bridgehead atoms. The van der Waals surface area contributed by atoms with Gasteiger partial charge in [0.1, 0.15) is 17.6 Å². The molecule has 1 fully saturated rings. The molecule has 32 heavy (non-hydrogen) atoms. The number of aliphatic hydroxyl groups excluding tert-OH is 1. The highest BCUT2D eigenvalue weighted by atomic mass is 79.9. The third-order valence-corrected chi connectivity index (χ3v) is 5.68. The Morgan fingerprint density at radius 3 is 2.44 bits per heavy atom. The van der Waals surface area contributed by atoms with Crippen molar-refractivity contribution < 1.29 is 28.7 Å². The number of hydrogen-bond acceptors (Lipinski definition) is 7. The van der Waals surface area contributed by atoms with Crippen LogP contribution in [0, 0.1) is 6.92 Å². The monoisotopic (exact) mass is 498 g/mol. The summed E-state index contributed by atoms with van der Waals surface area (Å²) in [4.78, 5) is 27.5. The number of nitrogens with zero attached hydrogens (tertiary/aromatic N) is 2. The number of ketones is 1. The van der Waals surface area contributed by atoms with E-state index in [9.17, 15) is 14.7 Å². The number of rotatable bonds is 5. The Bertz CT molecular complexity index is 1230. The molecule has 1 aromatic heterocycles. The molecule has 0 aliphatic carbocycles. The SMILES string of the molecule is COc1cccc([C@H]2C(=C(O)c3ccc(Br)cc3)C(=O)C(=O)N2c2cc(C)on2)c1OC. The van der Waals surface area contributed by atoms with E-state index in [2.05, 4.69) is 21.1 Å². The number of amides is 1. The van der Waals surface area contributed by atoms with Crippen molar-refractivity contribution in [1.82, 2.24) is 5.16 Å². The molecule has 1 atom stereocenters. The summed E-state index contributed by atoms with van der Waals surface area (Å²) in [5.74, 6) is -0.647. The average molecular weight is 499 g/mol. The number of aryl methyl sites for hydroxylation is 1. The Morgan fingerprint density at radius 2 is 1.84 bits per heavy atom. The molecule has 4 rings (SSSR count). The van der Waals surface area contributed by atoms with Crippen molar-refractivity contribution in [2.75, 3.05) is 19.1 Å². The number of methoxy groups -OCH3 is 2. The molecule has 0 saturated carbocycles. The van der Waals surface area contributed by atoms with Crippen molar-refractivity contribution in [3.63, 3.8) is 0 Å². The molecule has 2 heterocycles. The smallest absolute Gasteiger partial charge is 0.301 e. The summed E-state index contributed by atoms with van der Waals surface area (Å²) in [7, 11) is 2.95. The van der Waals surface area contributed by atoms with Crippen molar-refractivity contribution in [2.24, 2.45) is 0 Å². The molecular formula is C23H19BrN2O6. The number of halogens is 1. The highest BCUT2D eigenvalue weighted by molar-refractivity contribution is 9.10. The second-order valence-corrected chi connectivity index (χ2v) is 7.97. The molecule has 0 radical (unpaired) electrons. The van der Waals surface area contributed by atoms with Crippen LogP contribution in [0.15, 0.2) is 63.1 Å². The van der Waals surface area contributed by atoms with Crippen LogP contribution in [-0.4, -0.2) is 36.2 Å². The predicted molar refractivity (Wildman–Crippen MR) is 120 cm³/mol. The summed E-state index contributed by atoms with van der Waals surface area (Å²) in [6, 6.07) is 12.4. The van der Waals surface area contributed by atoms with Gasteiger partial charge < -0.3 is 19.1 Å². The van der Waals surface area contributed by atoms with E-state index in [-0.39, 0.29) is 17.2 Å². The Kier molecular flexibility index (Phi) is 5.75. The maximum atomic E-state index is 13.2. The van der Waals surface area contributed by atoms with Crippen LogP contribution in [-0.2, 0) is 9.59 Å². The minimum atomic E-state index is -1.02. The van der Waals surface area contributed by atoms with Crippen LogP contribution in [0.3, 0.4) is 0 Å². The van der Waals surface area contributed by atoms with E-state index < -0.39 is 17.7 Å². The van der Waals surface area contributed by atoms with Gasteiger partial charge in [0.15, 0.2) is 17.3 Å². The fourth-order valence-electron chi connectivity index (χ4n) is 3.72. The molecular weight excluding hydrogens is 480 g/mol. The second-order valence-electron chi connectivity index (χ2n) is 7.05. The van der Waals surface area contributed by atoms with E-state index in [4.69, 9.17) is 14.0 Å². The molecule has 3 aromatic rings. The third kappa shape index (κ3) is 3.54. The topological polar surface area (TPSA) is 102 Å². The fraction of sp³-hybridized carbons (Fsp3) is 0.174. The van der Waals surface area contributed by atoms with Crippen LogP contribution >= 0.6 is 15.9 Å². The summed E-state index contributed by atoms with van der Waals surface area (Å²) in [5.41, 5.74) is 0.740. The van der Waals surface area contributed by atoms with Crippen LogP contribution < -0.4 is 14.4 Å². The Balaban J connectivity index is 2.01. The average Bonchev–Trinajstić information content (AvgIpc) is 3.33. The summed E-state index contributed by atoms with van der Waals surface area (Å²) < 4.78 is 16.9. The predicted octanol–water partition coefficient (Wildman–Crippen LogP) is 4.39. The highest BCUT2D eigenvalue weighted by Crippen LogP contribution is 2.47. The van der Waals surface area contributed by atoms with Gasteiger partial charge in [0.05, 0.1) is 19.8 Å². The Labute approximate surface area is 192 Å². The number of aromatic nitrogens is 1. The standard InChI is InChI=1S/C23H19BrN2O6/c1-12-11-17(25-32-12)26-19(15-5-4-6-16(30-2)22(15)31-3)18(21(28)23(26)29)20(27)13-7-9-14(24)10-8-13/h4-11,19,27H,1-3H3/t19-/m0/s1. The number of carbonyl (C=O) groups is 2. The van der Waals surface area contributed by atoms with Gasteiger partial charge in [-0.15, -0.1) is 0 Å². The van der Waals surface area contributed by atoms with Crippen LogP contribution in [0.2, 0.25) is 0 Å². The van der Waals surface area contributed by atoms with E-state index in [0.29, 0.717) is 28.4 Å². The van der Waals surface area contributed by atoms with Gasteiger partial charge in [-0.25, -0.2) is 0 Å². The van der Waals surface area contributed by atoms with Crippen LogP contribution in [0.4, 0.5) is 5.82 Å². The van der Waals surface area contributed by atoms with Gasteiger partial charge in [-0.05, 0) is 25.1 Å². The van der Waals surface area contributed by atoms with Crippen molar-refractivity contribution in [3.8, 4) is 11.5 Å². The van der Waals surface area contributed by atoms with E-state index >= 15 is 0 Å². The van der Waals surface area contributed by atoms with Crippen molar-refractivity contribution >= 4 is 39.2 Å². The molecule has 164 valence electrons. The summed E-state index contributed by atoms with van der Waals surface area (Å²) in [5, 5.41) is 15.1. The number of ether oxygens (including phenoxy) is 2. The summed E-state index contributed by atoms with van der Waals surface area (Å²) in [6.45, 7) is 1.68. The van der Waals surface area contributed by atoms with E-state index in [1.165, 1.54) is 19.1 Å². The lowest BCUT2D eigenvalue weighted by atomic mass is 9.94. The van der Waals surface area contributed by atoms with E-state index in [1.54, 1.807) is 55.5 Å². The van der Waals surface area contributed by atoms with Crippen molar-refractivity contribution in [3.05, 3.63) is 75.5 Å². The molecule has 8 nitrogen and oxygen atoms in total. The third-order valence-electron chi connectivity index (χ3n) is 5.15. The lowest BCUT2D eigenvalue weighted by Crippen LogP contribution is -2.30. The van der Waals surface area contributed by atoms with Crippen LogP contribution in [0.1, 0.15) is 22.9 Å². The maximum Gasteiger partial charge on any atom is 0.301 e. The van der Waals surface area contributed by atoms with E-state index in [0.717, 1.165) is 4.47 Å². The zero-order valence-electron chi connectivity index (χ0n) is 17.5. The van der Waals surface area contributed by atoms with Crippen molar-refractivity contribution in [1.29, 1.82) is 0 Å². The number of carbonyl (C=O) groups excluding carboxylic acids is 2. The summed E-state index contributed by atoms with van der Waals surface area (Å²) >= 11 is 3.35. The van der Waals surface area contributed by atoms with Crippen molar-refractivity contribution in [2.45, 2.75) is 13.0 Å². The van der Waals surface area contributed by atoms with Gasteiger partial charge >= 0.3 is 5.91 Å². The first-order chi connectivity index (χ1) is 15.4. The van der Waals surface area contributed by atoms with Gasteiger partial charge in [0.25, 0.3) is 5.78 Å². The zero-order valence-corrected chi connectivity index (χ0v) is 19.0. The number of aliphatic hydroxyl groups is 1. The number of Topliss-reactive ketones (excluding diaryl/α,β-unsaturated/α-hetero) is 1. The fourth-order valence-corrected chi connectivity index (χ4v) is 3.98. The van der Waals surface area contributed by atoms with Gasteiger partial charge in [0, 0.05) is 21.7 Å². The number of anilines is 1. The van der Waals surface area contributed by atoms with Gasteiger partial charge in [-0.1, -0.05) is 45.4 Å². The quantitative estimate of drug-likeness (QED) is 0.316.